The molecule has 1 atom stereocenters. The fourth-order valence-corrected chi connectivity index (χ4v) is 3.14. The molecule has 7 nitrogen and oxygen atoms in total. The summed E-state index contributed by atoms with van der Waals surface area (Å²) in [6.45, 7) is 5.71. The molecule has 7 heteroatoms. The van der Waals surface area contributed by atoms with E-state index in [2.05, 4.69) is 20.3 Å². The summed E-state index contributed by atoms with van der Waals surface area (Å²) >= 11 is 0. The second-order valence-electron chi connectivity index (χ2n) is 6.84. The molecule has 0 bridgehead atoms. The van der Waals surface area contributed by atoms with Gasteiger partial charge in [-0.25, -0.2) is 0 Å². The van der Waals surface area contributed by atoms with E-state index in [0.29, 0.717) is 30.5 Å². The van der Waals surface area contributed by atoms with Gasteiger partial charge in [-0.15, -0.1) is 0 Å². The van der Waals surface area contributed by atoms with Gasteiger partial charge in [0.05, 0.1) is 0 Å². The molecule has 2 aromatic heterocycles. The molecule has 130 valence electrons. The lowest BCUT2D eigenvalue weighted by Crippen LogP contribution is -2.40. The fraction of sp³-hybridized carbons (Fsp3) is 0.647. The van der Waals surface area contributed by atoms with Crippen LogP contribution in [0.15, 0.2) is 16.8 Å². The highest BCUT2D eigenvalue weighted by atomic mass is 16.5. The van der Waals surface area contributed by atoms with Gasteiger partial charge in [0.1, 0.15) is 0 Å². The molecular weight excluding hydrogens is 306 g/mol. The number of hydrogen-bond acceptors (Lipinski definition) is 5. The lowest BCUT2D eigenvalue weighted by molar-refractivity contribution is -0.133. The summed E-state index contributed by atoms with van der Waals surface area (Å²) in [5.74, 6) is 2.17. The van der Waals surface area contributed by atoms with Gasteiger partial charge in [0.15, 0.2) is 5.82 Å². The molecule has 0 saturated carbocycles. The highest BCUT2D eigenvalue weighted by Crippen LogP contribution is 2.21. The number of aryl methyl sites for hydroxylation is 1. The summed E-state index contributed by atoms with van der Waals surface area (Å²) in [5, 5.41) is 10.9. The molecule has 0 spiro atoms. The van der Waals surface area contributed by atoms with Crippen LogP contribution in [0, 0.1) is 5.92 Å². The summed E-state index contributed by atoms with van der Waals surface area (Å²) in [6.07, 6.45) is 5.88. The summed E-state index contributed by atoms with van der Waals surface area (Å²) in [6, 6.07) is 2.00. The Labute approximate surface area is 141 Å². The minimum Gasteiger partial charge on any atom is -0.342 e. The van der Waals surface area contributed by atoms with E-state index in [1.165, 1.54) is 0 Å². The first kappa shape index (κ1) is 16.7. The fourth-order valence-electron chi connectivity index (χ4n) is 3.14. The Morgan fingerprint density at radius 1 is 1.50 bits per heavy atom. The van der Waals surface area contributed by atoms with E-state index in [1.807, 2.05) is 24.8 Å². The Morgan fingerprint density at radius 3 is 3.08 bits per heavy atom. The first-order valence-corrected chi connectivity index (χ1v) is 8.70. The lowest BCUT2D eigenvalue weighted by Gasteiger charge is -2.32. The highest BCUT2D eigenvalue weighted by molar-refractivity contribution is 5.76. The monoisotopic (exact) mass is 331 g/mol. The van der Waals surface area contributed by atoms with Crippen LogP contribution in [-0.2, 0) is 17.6 Å². The number of nitrogens with one attached hydrogen (secondary N) is 1. The van der Waals surface area contributed by atoms with Crippen LogP contribution < -0.4 is 0 Å². The van der Waals surface area contributed by atoms with Crippen molar-refractivity contribution in [1.29, 1.82) is 0 Å². The molecule has 2 aromatic rings. The zero-order valence-corrected chi connectivity index (χ0v) is 14.4. The maximum atomic E-state index is 12.5. The molecule has 1 fully saturated rings. The average molecular weight is 331 g/mol. The molecule has 1 N–H and O–H groups in total. The standard InChI is InChI=1S/C17H25N5O2/c1-12(2)17-19-15(24-21-17)5-6-16(23)22-9-3-4-13(11-22)10-14-7-8-18-20-14/h7-8,12-13H,3-6,9-11H2,1-2H3,(H,18,20). The van der Waals surface area contributed by atoms with Gasteiger partial charge in [-0.2, -0.15) is 10.1 Å². The maximum absolute atomic E-state index is 12.5. The van der Waals surface area contributed by atoms with Crippen molar-refractivity contribution in [2.75, 3.05) is 13.1 Å². The topological polar surface area (TPSA) is 87.9 Å². The second kappa shape index (κ2) is 7.59. The summed E-state index contributed by atoms with van der Waals surface area (Å²) in [5.41, 5.74) is 1.14. The van der Waals surface area contributed by atoms with Crippen molar-refractivity contribution < 1.29 is 9.32 Å². The number of amides is 1. The molecule has 1 saturated heterocycles. The molecule has 3 heterocycles. The number of carbonyl (C=O) groups excluding carboxylic acids is 1. The van der Waals surface area contributed by atoms with E-state index in [1.54, 1.807) is 6.20 Å². The van der Waals surface area contributed by atoms with Gasteiger partial charge in [0, 0.05) is 43.7 Å². The number of nitrogens with zero attached hydrogens (tertiary/aromatic N) is 4. The Kier molecular flexibility index (Phi) is 5.27. The quantitative estimate of drug-likeness (QED) is 0.877. The summed E-state index contributed by atoms with van der Waals surface area (Å²) in [4.78, 5) is 18.8. The third-order valence-electron chi connectivity index (χ3n) is 4.49. The molecule has 1 aliphatic heterocycles. The third-order valence-corrected chi connectivity index (χ3v) is 4.49. The van der Waals surface area contributed by atoms with E-state index in [9.17, 15) is 4.79 Å². The minimum absolute atomic E-state index is 0.175. The van der Waals surface area contributed by atoms with E-state index >= 15 is 0 Å². The Morgan fingerprint density at radius 2 is 2.38 bits per heavy atom. The number of hydrogen-bond donors (Lipinski definition) is 1. The molecule has 3 rings (SSSR count). The van der Waals surface area contributed by atoms with E-state index in [-0.39, 0.29) is 11.8 Å². The number of rotatable bonds is 6. The number of aromatic nitrogens is 4. The number of likely N-dealkylation sites (tertiary alicyclic amines) is 1. The van der Waals surface area contributed by atoms with Gasteiger partial charge in [0.25, 0.3) is 0 Å². The van der Waals surface area contributed by atoms with Crippen LogP contribution in [0.2, 0.25) is 0 Å². The van der Waals surface area contributed by atoms with Crippen molar-refractivity contribution in [3.05, 3.63) is 29.7 Å². The predicted octanol–water partition coefficient (Wildman–Crippen LogP) is 2.33. The van der Waals surface area contributed by atoms with Crippen LogP contribution >= 0.6 is 0 Å². The zero-order valence-electron chi connectivity index (χ0n) is 14.4. The van der Waals surface area contributed by atoms with Crippen LogP contribution in [0.1, 0.15) is 56.4 Å². The Balaban J connectivity index is 1.48. The van der Waals surface area contributed by atoms with Crippen LogP contribution in [0.3, 0.4) is 0 Å². The van der Waals surface area contributed by atoms with Crippen LogP contribution in [0.4, 0.5) is 0 Å². The van der Waals surface area contributed by atoms with Crippen molar-refractivity contribution in [3.8, 4) is 0 Å². The second-order valence-corrected chi connectivity index (χ2v) is 6.84. The lowest BCUT2D eigenvalue weighted by atomic mass is 9.93. The first-order valence-electron chi connectivity index (χ1n) is 8.70. The smallest absolute Gasteiger partial charge is 0.227 e. The normalized spacial score (nSPS) is 18.3. The predicted molar refractivity (Wildman–Crippen MR) is 88.3 cm³/mol. The van der Waals surface area contributed by atoms with Gasteiger partial charge in [-0.1, -0.05) is 19.0 Å². The third kappa shape index (κ3) is 4.21. The largest absolute Gasteiger partial charge is 0.342 e. The molecule has 0 aliphatic carbocycles. The van der Waals surface area contributed by atoms with Crippen molar-refractivity contribution in [3.63, 3.8) is 0 Å². The zero-order chi connectivity index (χ0) is 16.9. The van der Waals surface area contributed by atoms with Crippen molar-refractivity contribution in [2.45, 2.75) is 51.9 Å². The average Bonchev–Trinajstić information content (AvgIpc) is 3.24. The van der Waals surface area contributed by atoms with Gasteiger partial charge in [-0.05, 0) is 31.2 Å². The van der Waals surface area contributed by atoms with Crippen LogP contribution in [0.5, 0.6) is 0 Å². The van der Waals surface area contributed by atoms with Crippen LogP contribution in [-0.4, -0.2) is 44.2 Å². The van der Waals surface area contributed by atoms with Gasteiger partial charge < -0.3 is 9.42 Å². The maximum Gasteiger partial charge on any atom is 0.227 e. The van der Waals surface area contributed by atoms with Crippen molar-refractivity contribution in [2.24, 2.45) is 5.92 Å². The van der Waals surface area contributed by atoms with Crippen LogP contribution in [0.25, 0.3) is 0 Å². The Hall–Kier alpha value is -2.18. The van der Waals surface area contributed by atoms with Gasteiger partial charge in [0.2, 0.25) is 11.8 Å². The van der Waals surface area contributed by atoms with E-state index in [0.717, 1.165) is 38.0 Å². The molecule has 1 amide bonds. The number of piperidine rings is 1. The summed E-state index contributed by atoms with van der Waals surface area (Å²) < 4.78 is 5.21. The number of aromatic amines is 1. The van der Waals surface area contributed by atoms with Crippen molar-refractivity contribution in [1.82, 2.24) is 25.2 Å². The van der Waals surface area contributed by atoms with E-state index < -0.39 is 0 Å². The van der Waals surface area contributed by atoms with Gasteiger partial charge >= 0.3 is 0 Å². The number of carbonyl (C=O) groups is 1. The molecular formula is C17H25N5O2. The number of H-pyrrole nitrogens is 1. The highest BCUT2D eigenvalue weighted by Gasteiger charge is 2.24. The molecule has 0 radical (unpaired) electrons. The van der Waals surface area contributed by atoms with Gasteiger partial charge in [-0.3, -0.25) is 9.89 Å². The van der Waals surface area contributed by atoms with E-state index in [4.69, 9.17) is 4.52 Å². The molecule has 24 heavy (non-hydrogen) atoms. The molecule has 1 unspecified atom stereocenters. The molecule has 1 aliphatic rings. The Bertz CT molecular complexity index is 650. The first-order chi connectivity index (χ1) is 11.6. The molecule has 0 aromatic carbocycles. The van der Waals surface area contributed by atoms with Crippen molar-refractivity contribution >= 4 is 5.91 Å². The SMILES string of the molecule is CC(C)c1noc(CCC(=O)N2CCCC(Cc3ccn[nH]3)C2)n1. The summed E-state index contributed by atoms with van der Waals surface area (Å²) in [7, 11) is 0. The minimum atomic E-state index is 0.175.